The van der Waals surface area contributed by atoms with Crippen LogP contribution in [0, 0.1) is 0 Å². The molecule has 0 saturated carbocycles. The standard InChI is InChI=1S/C45H78NO8P/c1-3-5-7-9-11-13-15-17-19-20-21-22-24-25-27-29-31-33-35-37-44(47)51-41-43(42-53-55(49,50)52-40-39-46)54-45(48)38-36-34-32-30-28-26-23-18-16-14-12-10-8-6-4-2/h10-13,17,19,21-22,25,27,31,33,43H,3-9,14-16,18,20,23-24,26,28-30,32,34-42,46H2,1-2H3,(H,49,50)/b12-10+,13-11+,19-17+,22-21+,27-25+,33-31+/t43-/m1/s1. The van der Waals surface area contributed by atoms with E-state index in [0.717, 1.165) is 44.9 Å². The number of hydrogen-bond donors (Lipinski definition) is 2. The van der Waals surface area contributed by atoms with Gasteiger partial charge in [0.25, 0.3) is 0 Å². The van der Waals surface area contributed by atoms with Gasteiger partial charge in [0.05, 0.1) is 13.2 Å². The van der Waals surface area contributed by atoms with Crippen molar-refractivity contribution in [2.24, 2.45) is 5.73 Å². The average Bonchev–Trinajstić information content (AvgIpc) is 3.17. The number of nitrogens with two attached hydrogens (primary N) is 1. The molecule has 0 aliphatic carbocycles. The lowest BCUT2D eigenvalue weighted by molar-refractivity contribution is -0.161. The maximum absolute atomic E-state index is 12.6. The molecule has 0 aliphatic rings. The Labute approximate surface area is 335 Å². The summed E-state index contributed by atoms with van der Waals surface area (Å²) in [5, 5.41) is 0. The maximum atomic E-state index is 12.6. The number of allylic oxidation sites excluding steroid dienone is 12. The highest BCUT2D eigenvalue weighted by molar-refractivity contribution is 7.47. The van der Waals surface area contributed by atoms with Crippen molar-refractivity contribution in [3.8, 4) is 0 Å². The van der Waals surface area contributed by atoms with E-state index in [1.807, 2.05) is 12.2 Å². The van der Waals surface area contributed by atoms with E-state index in [1.165, 1.54) is 83.5 Å². The number of carbonyl (C=O) groups is 2. The molecule has 0 radical (unpaired) electrons. The average molecular weight is 792 g/mol. The van der Waals surface area contributed by atoms with Gasteiger partial charge in [-0.3, -0.25) is 18.6 Å². The Bertz CT molecular complexity index is 1130. The molecule has 9 nitrogen and oxygen atoms in total. The van der Waals surface area contributed by atoms with Crippen LogP contribution in [0.1, 0.15) is 168 Å². The summed E-state index contributed by atoms with van der Waals surface area (Å²) in [5.41, 5.74) is 5.34. The van der Waals surface area contributed by atoms with Crippen LogP contribution in [0.2, 0.25) is 0 Å². The summed E-state index contributed by atoms with van der Waals surface area (Å²) in [5.74, 6) is -0.932. The molecule has 55 heavy (non-hydrogen) atoms. The Morgan fingerprint density at radius 2 is 1.00 bits per heavy atom. The van der Waals surface area contributed by atoms with Crippen molar-refractivity contribution < 1.29 is 37.6 Å². The number of unbranched alkanes of at least 4 members (excludes halogenated alkanes) is 14. The van der Waals surface area contributed by atoms with E-state index in [1.54, 1.807) is 0 Å². The van der Waals surface area contributed by atoms with E-state index >= 15 is 0 Å². The zero-order valence-electron chi connectivity index (χ0n) is 34.6. The van der Waals surface area contributed by atoms with Gasteiger partial charge >= 0.3 is 19.8 Å². The zero-order valence-corrected chi connectivity index (χ0v) is 35.5. The largest absolute Gasteiger partial charge is 0.472 e. The Hall–Kier alpha value is -2.55. The third-order valence-electron chi connectivity index (χ3n) is 8.58. The summed E-state index contributed by atoms with van der Waals surface area (Å²) in [4.78, 5) is 34.8. The summed E-state index contributed by atoms with van der Waals surface area (Å²) >= 11 is 0. The van der Waals surface area contributed by atoms with Gasteiger partial charge in [-0.2, -0.15) is 0 Å². The van der Waals surface area contributed by atoms with Crippen LogP contribution in [0.15, 0.2) is 72.9 Å². The molecule has 0 aromatic rings. The number of phosphoric ester groups is 1. The van der Waals surface area contributed by atoms with Crippen LogP contribution in [0.25, 0.3) is 0 Å². The first-order valence-electron chi connectivity index (χ1n) is 21.4. The highest BCUT2D eigenvalue weighted by Gasteiger charge is 2.25. The number of ether oxygens (including phenoxy) is 2. The van der Waals surface area contributed by atoms with Gasteiger partial charge in [-0.1, -0.05) is 157 Å². The quantitative estimate of drug-likeness (QED) is 0.0270. The Kier molecular flexibility index (Phi) is 39.2. The SMILES string of the molecule is CCCC/C=C/CCCCCCCCCCCC(=O)O[C@H](COC(=O)CC/C=C/C/C=C/C/C=C/C/C=C/C/C=C/CCCCC)COP(=O)(O)OCCN. The van der Waals surface area contributed by atoms with E-state index < -0.39 is 32.5 Å². The lowest BCUT2D eigenvalue weighted by Gasteiger charge is -2.19. The molecule has 0 rings (SSSR count). The summed E-state index contributed by atoms with van der Waals surface area (Å²) in [6, 6.07) is 0. The molecule has 316 valence electrons. The third kappa shape index (κ3) is 40.9. The minimum Gasteiger partial charge on any atom is -0.462 e. The molecule has 0 fully saturated rings. The lowest BCUT2D eigenvalue weighted by Crippen LogP contribution is -2.29. The van der Waals surface area contributed by atoms with Crippen LogP contribution in [0.5, 0.6) is 0 Å². The summed E-state index contributed by atoms with van der Waals surface area (Å²) in [6.45, 7) is 3.57. The number of carbonyl (C=O) groups excluding carboxylic acids is 2. The molecule has 0 bridgehead atoms. The van der Waals surface area contributed by atoms with Gasteiger partial charge in [0, 0.05) is 19.4 Å². The smallest absolute Gasteiger partial charge is 0.462 e. The van der Waals surface area contributed by atoms with Crippen molar-refractivity contribution >= 4 is 19.8 Å². The fourth-order valence-corrected chi connectivity index (χ4v) is 6.13. The predicted molar refractivity (Wildman–Crippen MR) is 229 cm³/mol. The Morgan fingerprint density at radius 1 is 0.545 bits per heavy atom. The van der Waals surface area contributed by atoms with E-state index in [9.17, 15) is 19.0 Å². The van der Waals surface area contributed by atoms with Crippen LogP contribution in [-0.4, -0.2) is 49.3 Å². The molecule has 0 aromatic heterocycles. The van der Waals surface area contributed by atoms with Crippen molar-refractivity contribution in [1.29, 1.82) is 0 Å². The summed E-state index contributed by atoms with van der Waals surface area (Å²) in [6.07, 6.45) is 49.4. The van der Waals surface area contributed by atoms with Gasteiger partial charge in [0.2, 0.25) is 0 Å². The number of rotatable bonds is 39. The molecule has 2 atom stereocenters. The van der Waals surface area contributed by atoms with E-state index in [0.29, 0.717) is 12.8 Å². The van der Waals surface area contributed by atoms with Crippen LogP contribution >= 0.6 is 7.82 Å². The monoisotopic (exact) mass is 792 g/mol. The van der Waals surface area contributed by atoms with Crippen molar-refractivity contribution in [3.05, 3.63) is 72.9 Å². The normalized spacial score (nSPS) is 14.0. The minimum absolute atomic E-state index is 0.0407. The Balaban J connectivity index is 4.30. The Morgan fingerprint density at radius 3 is 1.55 bits per heavy atom. The van der Waals surface area contributed by atoms with Crippen LogP contribution in [0.3, 0.4) is 0 Å². The topological polar surface area (TPSA) is 134 Å². The second kappa shape index (κ2) is 41.1. The van der Waals surface area contributed by atoms with Crippen LogP contribution in [-0.2, 0) is 32.7 Å². The number of esters is 2. The van der Waals surface area contributed by atoms with Crippen molar-refractivity contribution in [2.45, 2.75) is 174 Å². The molecular weight excluding hydrogens is 713 g/mol. The predicted octanol–water partition coefficient (Wildman–Crippen LogP) is 12.3. The molecule has 10 heteroatoms. The van der Waals surface area contributed by atoms with Crippen molar-refractivity contribution in [3.63, 3.8) is 0 Å². The molecule has 0 amide bonds. The van der Waals surface area contributed by atoms with Gasteiger partial charge in [0.1, 0.15) is 6.61 Å². The molecule has 0 spiro atoms. The second-order valence-corrected chi connectivity index (χ2v) is 15.3. The molecular formula is C45H78NO8P. The summed E-state index contributed by atoms with van der Waals surface area (Å²) in [7, 11) is -4.40. The van der Waals surface area contributed by atoms with Crippen LogP contribution < -0.4 is 5.73 Å². The number of hydrogen-bond acceptors (Lipinski definition) is 8. The minimum atomic E-state index is -4.40. The molecule has 1 unspecified atom stereocenters. The van der Waals surface area contributed by atoms with Gasteiger partial charge in [-0.25, -0.2) is 4.57 Å². The summed E-state index contributed by atoms with van der Waals surface area (Å²) < 4.78 is 32.7. The zero-order chi connectivity index (χ0) is 40.3. The molecule has 0 saturated heterocycles. The van der Waals surface area contributed by atoms with Gasteiger partial charge in [-0.05, 0) is 70.6 Å². The first-order chi connectivity index (χ1) is 26.8. The lowest BCUT2D eigenvalue weighted by atomic mass is 10.1. The number of phosphoric acid groups is 1. The fraction of sp³-hybridized carbons (Fsp3) is 0.689. The van der Waals surface area contributed by atoms with E-state index in [2.05, 4.69) is 74.6 Å². The van der Waals surface area contributed by atoms with Crippen LogP contribution in [0.4, 0.5) is 0 Å². The molecule has 0 aromatic carbocycles. The van der Waals surface area contributed by atoms with Gasteiger partial charge < -0.3 is 20.1 Å². The van der Waals surface area contributed by atoms with Crippen molar-refractivity contribution in [2.75, 3.05) is 26.4 Å². The van der Waals surface area contributed by atoms with Crippen molar-refractivity contribution in [1.82, 2.24) is 0 Å². The highest BCUT2D eigenvalue weighted by Crippen LogP contribution is 2.43. The maximum Gasteiger partial charge on any atom is 0.472 e. The van der Waals surface area contributed by atoms with Gasteiger partial charge in [0.15, 0.2) is 6.10 Å². The first-order valence-corrected chi connectivity index (χ1v) is 22.9. The molecule has 0 heterocycles. The second-order valence-electron chi connectivity index (χ2n) is 13.8. The molecule has 3 N–H and O–H groups in total. The highest BCUT2D eigenvalue weighted by atomic mass is 31.2. The molecule has 0 aliphatic heterocycles. The van der Waals surface area contributed by atoms with E-state index in [-0.39, 0.29) is 32.6 Å². The third-order valence-corrected chi connectivity index (χ3v) is 9.56. The fourth-order valence-electron chi connectivity index (χ4n) is 5.36. The van der Waals surface area contributed by atoms with E-state index in [4.69, 9.17) is 24.3 Å². The first kappa shape index (κ1) is 52.5. The van der Waals surface area contributed by atoms with Gasteiger partial charge in [-0.15, -0.1) is 0 Å².